The third-order valence-corrected chi connectivity index (χ3v) is 8.77. The highest BCUT2D eigenvalue weighted by molar-refractivity contribution is 7.89. The van der Waals surface area contributed by atoms with E-state index in [1.807, 2.05) is 18.5 Å². The van der Waals surface area contributed by atoms with Crippen molar-refractivity contribution in [2.75, 3.05) is 32.4 Å². The van der Waals surface area contributed by atoms with Crippen molar-refractivity contribution in [3.63, 3.8) is 0 Å². The van der Waals surface area contributed by atoms with Crippen molar-refractivity contribution in [1.82, 2.24) is 29.3 Å². The van der Waals surface area contributed by atoms with Crippen LogP contribution in [0.4, 0.5) is 0 Å². The lowest BCUT2D eigenvalue weighted by Crippen LogP contribution is -2.48. The summed E-state index contributed by atoms with van der Waals surface area (Å²) < 4.78 is 34.0. The van der Waals surface area contributed by atoms with Gasteiger partial charge in [-0.3, -0.25) is 14.6 Å². The maximum Gasteiger partial charge on any atom is 0.283 e. The first-order chi connectivity index (χ1) is 20.0. The van der Waals surface area contributed by atoms with Gasteiger partial charge in [-0.2, -0.15) is 0 Å². The quantitative estimate of drug-likeness (QED) is 0.382. The van der Waals surface area contributed by atoms with Crippen molar-refractivity contribution >= 4 is 27.0 Å². The molecule has 0 atom stereocenters. The van der Waals surface area contributed by atoms with Gasteiger partial charge in [0, 0.05) is 44.3 Å². The Labute approximate surface area is 249 Å². The molecule has 1 saturated carbocycles. The normalized spacial score (nSPS) is 17.8. The molecule has 2 fully saturated rings. The second kappa shape index (κ2) is 12.7. The number of carbonyl (C=O) groups is 1. The van der Waals surface area contributed by atoms with Crippen LogP contribution in [0.2, 0.25) is 0 Å². The molecule has 2 aromatic heterocycles. The van der Waals surface area contributed by atoms with Crippen molar-refractivity contribution in [2.24, 2.45) is 0 Å². The van der Waals surface area contributed by atoms with E-state index in [9.17, 15) is 13.2 Å². The molecule has 1 saturated heterocycles. The Kier molecular flexibility index (Phi) is 9.20. The van der Waals surface area contributed by atoms with Crippen LogP contribution >= 0.6 is 0 Å². The number of hydrogen-bond acceptors (Lipinski definition) is 8. The average molecular weight is 597 g/mol. The zero-order chi connectivity index (χ0) is 30.0. The Balaban J connectivity index is 1.54. The number of hydrogen-bond donors (Lipinski definition) is 1. The van der Waals surface area contributed by atoms with Gasteiger partial charge in [0.2, 0.25) is 15.9 Å². The first-order valence-electron chi connectivity index (χ1n) is 15.2. The van der Waals surface area contributed by atoms with E-state index in [0.29, 0.717) is 17.6 Å². The summed E-state index contributed by atoms with van der Waals surface area (Å²) in [5.74, 6) is -0.282. The summed E-state index contributed by atoms with van der Waals surface area (Å²) in [6.45, 7) is 13.5. The van der Waals surface area contributed by atoms with E-state index in [2.05, 4.69) is 52.6 Å². The molecule has 0 radical (unpaired) electrons. The monoisotopic (exact) mass is 596 g/mol. The van der Waals surface area contributed by atoms with Gasteiger partial charge >= 0.3 is 0 Å². The van der Waals surface area contributed by atoms with Crippen LogP contribution in [0.1, 0.15) is 81.9 Å². The zero-order valence-electron chi connectivity index (χ0n) is 25.5. The molecule has 228 valence electrons. The highest BCUT2D eigenvalue weighted by Gasteiger charge is 2.27. The third-order valence-electron chi connectivity index (χ3n) is 8.22. The fraction of sp³-hybridized carbons (Fsp3) is 0.581. The van der Waals surface area contributed by atoms with Gasteiger partial charge in [-0.05, 0) is 57.7 Å². The van der Waals surface area contributed by atoms with Gasteiger partial charge in [0.15, 0.2) is 5.65 Å². The number of nitrogens with zero attached hydrogens (tertiary/aromatic N) is 5. The summed E-state index contributed by atoms with van der Waals surface area (Å²) >= 11 is 0. The summed E-state index contributed by atoms with van der Waals surface area (Å²) in [4.78, 5) is 22.8. The first-order valence-corrected chi connectivity index (χ1v) is 17.1. The highest BCUT2D eigenvalue weighted by Crippen LogP contribution is 2.39. The minimum absolute atomic E-state index is 0.0306. The minimum Gasteiger partial charge on any atom is -0.473 e. The largest absolute Gasteiger partial charge is 0.473 e. The molecule has 3 aromatic rings. The molecule has 1 N–H and O–H groups in total. The van der Waals surface area contributed by atoms with Crippen LogP contribution in [0.25, 0.3) is 22.2 Å². The second-order valence-corrected chi connectivity index (χ2v) is 14.0. The lowest BCUT2D eigenvalue weighted by molar-refractivity contribution is 0.0977. The van der Waals surface area contributed by atoms with Crippen molar-refractivity contribution in [1.29, 1.82) is 0 Å². The van der Waals surface area contributed by atoms with Gasteiger partial charge in [0.1, 0.15) is 5.69 Å². The fourth-order valence-electron chi connectivity index (χ4n) is 6.04. The maximum absolute atomic E-state index is 13.1. The van der Waals surface area contributed by atoms with Crippen molar-refractivity contribution in [2.45, 2.75) is 84.5 Å². The summed E-state index contributed by atoms with van der Waals surface area (Å²) in [5, 5.41) is 5.64. The van der Waals surface area contributed by atoms with Crippen LogP contribution in [0, 0.1) is 0 Å². The van der Waals surface area contributed by atoms with Crippen LogP contribution in [0.3, 0.4) is 0 Å². The molecule has 2 aliphatic rings. The number of sulfonamides is 1. The second-order valence-electron chi connectivity index (χ2n) is 12.3. The number of fused-ring (bicyclic) bond motifs is 1. The number of ether oxygens (including phenoxy) is 1. The Hall–Kier alpha value is -3.02. The van der Waals surface area contributed by atoms with E-state index >= 15 is 0 Å². The summed E-state index contributed by atoms with van der Waals surface area (Å²) in [5.41, 5.74) is 3.42. The van der Waals surface area contributed by atoms with Gasteiger partial charge in [-0.25, -0.2) is 22.8 Å². The predicted molar refractivity (Wildman–Crippen MR) is 165 cm³/mol. The Morgan fingerprint density at radius 2 is 1.69 bits per heavy atom. The minimum atomic E-state index is -3.77. The average Bonchev–Trinajstić information content (AvgIpc) is 3.30. The van der Waals surface area contributed by atoms with E-state index in [0.717, 1.165) is 81.2 Å². The maximum atomic E-state index is 13.1. The molecular weight excluding hydrogens is 552 g/mol. The van der Waals surface area contributed by atoms with Gasteiger partial charge in [0.05, 0.1) is 23.8 Å². The first kappa shape index (κ1) is 30.4. The number of benzene rings is 1. The fourth-order valence-corrected chi connectivity index (χ4v) is 6.48. The lowest BCUT2D eigenvalue weighted by atomic mass is 9.95. The molecule has 10 nitrogen and oxygen atoms in total. The molecule has 11 heteroatoms. The van der Waals surface area contributed by atoms with Crippen molar-refractivity contribution in [3.05, 3.63) is 41.6 Å². The number of amides is 1. The van der Waals surface area contributed by atoms with Crippen LogP contribution in [0.5, 0.6) is 5.88 Å². The number of carbonyl (C=O) groups excluding carboxylic acids is 1. The molecule has 1 amide bonds. The third kappa shape index (κ3) is 7.12. The van der Waals surface area contributed by atoms with E-state index in [-0.39, 0.29) is 17.8 Å². The molecule has 1 aromatic carbocycles. The van der Waals surface area contributed by atoms with E-state index in [1.54, 1.807) is 6.07 Å². The number of piperazine rings is 1. The van der Waals surface area contributed by atoms with Crippen LogP contribution in [-0.2, 0) is 16.6 Å². The Bertz CT molecular complexity index is 1500. The summed E-state index contributed by atoms with van der Waals surface area (Å²) in [6.07, 6.45) is 6.17. The van der Waals surface area contributed by atoms with Gasteiger partial charge in [-0.15, -0.1) is 5.10 Å². The predicted octanol–water partition coefficient (Wildman–Crippen LogP) is 4.61. The molecule has 0 spiro atoms. The van der Waals surface area contributed by atoms with E-state index < -0.39 is 15.9 Å². The van der Waals surface area contributed by atoms with Crippen LogP contribution in [0.15, 0.2) is 30.3 Å². The molecule has 1 aliphatic carbocycles. The zero-order valence-corrected chi connectivity index (χ0v) is 26.3. The number of rotatable bonds is 9. The molecule has 5 rings (SSSR count). The molecule has 0 unspecified atom stereocenters. The van der Waals surface area contributed by atoms with E-state index in [4.69, 9.17) is 14.8 Å². The molecule has 3 heterocycles. The molecule has 1 aliphatic heterocycles. The Morgan fingerprint density at radius 3 is 2.29 bits per heavy atom. The van der Waals surface area contributed by atoms with Crippen LogP contribution in [-0.4, -0.2) is 83.5 Å². The standard InChI is InChI=1S/C31H44N6O4S/c1-21(2)36-17-15-35(16-18-36)20-23-11-13-24(14-12-23)26-19-27(30(38)34-42(5,39)40)32-29-28(26)31(41-22(3)4)33-37(29)25-9-7-6-8-10-25/h11-14,19,21-22,25H,6-10,15-18,20H2,1-5H3,(H,34,38). The lowest BCUT2D eigenvalue weighted by Gasteiger charge is -2.36. The van der Waals surface area contributed by atoms with Gasteiger partial charge in [-0.1, -0.05) is 43.5 Å². The highest BCUT2D eigenvalue weighted by atomic mass is 32.2. The van der Waals surface area contributed by atoms with Gasteiger partial charge in [0.25, 0.3) is 5.91 Å². The van der Waals surface area contributed by atoms with Crippen LogP contribution < -0.4 is 9.46 Å². The number of aromatic nitrogens is 3. The van der Waals surface area contributed by atoms with E-state index in [1.165, 1.54) is 12.0 Å². The SMILES string of the molecule is CC(C)Oc1nn(C2CCCCC2)c2nc(C(=O)NS(C)(=O)=O)cc(-c3ccc(CN4CCN(C(C)C)CC4)cc3)c12. The van der Waals surface area contributed by atoms with Crippen molar-refractivity contribution < 1.29 is 17.9 Å². The molecular formula is C31H44N6O4S. The summed E-state index contributed by atoms with van der Waals surface area (Å²) in [6, 6.07) is 10.7. The smallest absolute Gasteiger partial charge is 0.283 e. The molecule has 0 bridgehead atoms. The summed E-state index contributed by atoms with van der Waals surface area (Å²) in [7, 11) is -3.77. The Morgan fingerprint density at radius 1 is 1.02 bits per heavy atom. The van der Waals surface area contributed by atoms with Gasteiger partial charge < -0.3 is 4.74 Å². The topological polar surface area (TPSA) is 110 Å². The van der Waals surface area contributed by atoms with Crippen molar-refractivity contribution in [3.8, 4) is 17.0 Å². The number of pyridine rings is 1. The molecule has 42 heavy (non-hydrogen) atoms. The number of nitrogens with one attached hydrogen (secondary N) is 1.